The maximum Gasteiger partial charge on any atom is 0.240 e. The highest BCUT2D eigenvalue weighted by molar-refractivity contribution is 7.89. The standard InChI is InChI=1S/C22H26N2O4S/c1-2-13-23-29(26,27)21-10-6-19(7-11-21)22(25)12-5-18-3-8-20(9-4-18)24-14-16-28-17-15-24/h3-12,23H,2,13-17H2,1H3/b12-5+. The molecule has 7 heteroatoms. The van der Waals surface area contributed by atoms with Gasteiger partial charge in [0.15, 0.2) is 5.78 Å². The zero-order chi connectivity index (χ0) is 20.7. The van der Waals surface area contributed by atoms with Gasteiger partial charge in [0.25, 0.3) is 0 Å². The van der Waals surface area contributed by atoms with Gasteiger partial charge in [-0.3, -0.25) is 4.79 Å². The molecule has 1 saturated heterocycles. The van der Waals surface area contributed by atoms with E-state index >= 15 is 0 Å². The normalized spacial score (nSPS) is 15.0. The fraction of sp³-hybridized carbons (Fsp3) is 0.318. The van der Waals surface area contributed by atoms with Crippen LogP contribution in [-0.2, 0) is 14.8 Å². The van der Waals surface area contributed by atoms with Gasteiger partial charge in [-0.15, -0.1) is 0 Å². The summed E-state index contributed by atoms with van der Waals surface area (Å²) < 4.78 is 32.1. The molecule has 0 atom stereocenters. The highest BCUT2D eigenvalue weighted by Crippen LogP contribution is 2.18. The van der Waals surface area contributed by atoms with E-state index in [4.69, 9.17) is 4.74 Å². The number of hydrogen-bond acceptors (Lipinski definition) is 5. The topological polar surface area (TPSA) is 75.7 Å². The average molecular weight is 415 g/mol. The highest BCUT2D eigenvalue weighted by Gasteiger charge is 2.13. The predicted molar refractivity (Wildman–Crippen MR) is 115 cm³/mol. The predicted octanol–water partition coefficient (Wildman–Crippen LogP) is 3.11. The molecule has 1 aliphatic heterocycles. The Bertz CT molecular complexity index is 945. The van der Waals surface area contributed by atoms with Crippen molar-refractivity contribution < 1.29 is 17.9 Å². The van der Waals surface area contributed by atoms with E-state index in [-0.39, 0.29) is 10.7 Å². The summed E-state index contributed by atoms with van der Waals surface area (Å²) in [6.45, 7) is 5.53. The zero-order valence-corrected chi connectivity index (χ0v) is 17.3. The maximum atomic E-state index is 12.4. The van der Waals surface area contributed by atoms with Crippen molar-refractivity contribution in [3.05, 3.63) is 65.7 Å². The first-order chi connectivity index (χ1) is 14.0. The molecular formula is C22H26N2O4S. The lowest BCUT2D eigenvalue weighted by molar-refractivity contribution is 0.104. The van der Waals surface area contributed by atoms with Crippen molar-refractivity contribution in [1.82, 2.24) is 4.72 Å². The minimum Gasteiger partial charge on any atom is -0.378 e. The second-order valence-electron chi connectivity index (χ2n) is 6.81. The van der Waals surface area contributed by atoms with Gasteiger partial charge in [-0.1, -0.05) is 25.1 Å². The molecule has 2 aromatic carbocycles. The SMILES string of the molecule is CCCNS(=O)(=O)c1ccc(C(=O)/C=C/c2ccc(N3CCOCC3)cc2)cc1. The van der Waals surface area contributed by atoms with Crippen molar-refractivity contribution in [3.8, 4) is 0 Å². The van der Waals surface area contributed by atoms with Crippen LogP contribution < -0.4 is 9.62 Å². The van der Waals surface area contributed by atoms with Gasteiger partial charge in [0.2, 0.25) is 10.0 Å². The largest absolute Gasteiger partial charge is 0.378 e. The van der Waals surface area contributed by atoms with Crippen LogP contribution in [0.4, 0.5) is 5.69 Å². The Hall–Kier alpha value is -2.48. The monoisotopic (exact) mass is 414 g/mol. The van der Waals surface area contributed by atoms with Gasteiger partial charge in [-0.2, -0.15) is 0 Å². The molecule has 1 N–H and O–H groups in total. The van der Waals surface area contributed by atoms with Crippen molar-refractivity contribution in [1.29, 1.82) is 0 Å². The third-order valence-corrected chi connectivity index (χ3v) is 6.16. The molecule has 0 saturated carbocycles. The van der Waals surface area contributed by atoms with Crippen LogP contribution in [0.3, 0.4) is 0 Å². The molecule has 0 aliphatic carbocycles. The summed E-state index contributed by atoms with van der Waals surface area (Å²) in [6.07, 6.45) is 3.98. The van der Waals surface area contributed by atoms with Gasteiger partial charge in [0.1, 0.15) is 0 Å². The molecule has 0 aromatic heterocycles. The molecule has 1 heterocycles. The first-order valence-corrected chi connectivity index (χ1v) is 11.2. The molecule has 0 amide bonds. The third-order valence-electron chi connectivity index (χ3n) is 4.69. The number of benzene rings is 2. The van der Waals surface area contributed by atoms with Crippen molar-refractivity contribution >= 4 is 27.6 Å². The Balaban J connectivity index is 1.63. The molecule has 1 aliphatic rings. The summed E-state index contributed by atoms with van der Waals surface area (Å²) >= 11 is 0. The number of ketones is 1. The van der Waals surface area contributed by atoms with E-state index in [1.807, 2.05) is 31.2 Å². The Morgan fingerprint density at radius 3 is 2.34 bits per heavy atom. The van der Waals surface area contributed by atoms with Gasteiger partial charge in [0, 0.05) is 30.9 Å². The maximum absolute atomic E-state index is 12.4. The lowest BCUT2D eigenvalue weighted by Gasteiger charge is -2.28. The number of carbonyl (C=O) groups excluding carboxylic acids is 1. The number of rotatable bonds is 8. The Morgan fingerprint density at radius 1 is 1.07 bits per heavy atom. The number of hydrogen-bond donors (Lipinski definition) is 1. The van der Waals surface area contributed by atoms with Gasteiger partial charge in [-0.25, -0.2) is 13.1 Å². The van der Waals surface area contributed by atoms with E-state index in [0.29, 0.717) is 18.5 Å². The number of morpholine rings is 1. The zero-order valence-electron chi connectivity index (χ0n) is 16.5. The fourth-order valence-corrected chi connectivity index (χ4v) is 4.14. The molecule has 29 heavy (non-hydrogen) atoms. The molecule has 154 valence electrons. The molecule has 2 aromatic rings. The van der Waals surface area contributed by atoms with Crippen molar-refractivity contribution in [2.24, 2.45) is 0 Å². The minimum atomic E-state index is -3.52. The Labute approximate surface area is 172 Å². The summed E-state index contributed by atoms with van der Waals surface area (Å²) in [5.74, 6) is -0.173. The number of anilines is 1. The molecule has 3 rings (SSSR count). The van der Waals surface area contributed by atoms with Gasteiger partial charge in [-0.05, 0) is 54.5 Å². The summed E-state index contributed by atoms with van der Waals surface area (Å²) in [6, 6.07) is 14.0. The number of nitrogens with one attached hydrogen (secondary N) is 1. The quantitative estimate of drug-likeness (QED) is 0.531. The number of nitrogens with zero attached hydrogens (tertiary/aromatic N) is 1. The summed E-state index contributed by atoms with van der Waals surface area (Å²) in [7, 11) is -3.52. The number of ether oxygens (including phenoxy) is 1. The second-order valence-corrected chi connectivity index (χ2v) is 8.58. The number of carbonyl (C=O) groups is 1. The van der Waals surface area contributed by atoms with Gasteiger partial charge >= 0.3 is 0 Å². The van der Waals surface area contributed by atoms with Crippen LogP contribution in [0.25, 0.3) is 6.08 Å². The summed E-state index contributed by atoms with van der Waals surface area (Å²) in [4.78, 5) is 14.8. The molecule has 1 fully saturated rings. The van der Waals surface area contributed by atoms with Crippen LogP contribution in [0.15, 0.2) is 59.5 Å². The average Bonchev–Trinajstić information content (AvgIpc) is 2.77. The number of allylic oxidation sites excluding steroid dienone is 1. The lowest BCUT2D eigenvalue weighted by Crippen LogP contribution is -2.36. The van der Waals surface area contributed by atoms with E-state index in [2.05, 4.69) is 9.62 Å². The van der Waals surface area contributed by atoms with Crippen LogP contribution in [0.1, 0.15) is 29.3 Å². The van der Waals surface area contributed by atoms with Crippen LogP contribution in [0.2, 0.25) is 0 Å². The number of sulfonamides is 1. The fourth-order valence-electron chi connectivity index (χ4n) is 3.00. The van der Waals surface area contributed by atoms with Gasteiger partial charge < -0.3 is 9.64 Å². The van der Waals surface area contributed by atoms with Crippen LogP contribution in [-0.4, -0.2) is 47.0 Å². The highest BCUT2D eigenvalue weighted by atomic mass is 32.2. The van der Waals surface area contributed by atoms with Crippen LogP contribution in [0.5, 0.6) is 0 Å². The molecular weight excluding hydrogens is 388 g/mol. The Kier molecular flexibility index (Phi) is 7.19. The summed E-state index contributed by atoms with van der Waals surface area (Å²) in [5, 5.41) is 0. The first kappa shape index (κ1) is 21.2. The third kappa shape index (κ3) is 5.76. The lowest BCUT2D eigenvalue weighted by atomic mass is 10.1. The molecule has 0 radical (unpaired) electrons. The molecule has 0 unspecified atom stereocenters. The second kappa shape index (κ2) is 9.82. The van der Waals surface area contributed by atoms with E-state index in [0.717, 1.165) is 37.6 Å². The van der Waals surface area contributed by atoms with E-state index in [9.17, 15) is 13.2 Å². The molecule has 0 bridgehead atoms. The van der Waals surface area contributed by atoms with Crippen molar-refractivity contribution in [2.45, 2.75) is 18.2 Å². The molecule has 6 nitrogen and oxygen atoms in total. The van der Waals surface area contributed by atoms with Crippen LogP contribution in [0, 0.1) is 0 Å². The smallest absolute Gasteiger partial charge is 0.240 e. The van der Waals surface area contributed by atoms with Crippen LogP contribution >= 0.6 is 0 Å². The van der Waals surface area contributed by atoms with Gasteiger partial charge in [0.05, 0.1) is 18.1 Å². The molecule has 0 spiro atoms. The Morgan fingerprint density at radius 2 is 1.72 bits per heavy atom. The van der Waals surface area contributed by atoms with E-state index in [1.165, 1.54) is 30.3 Å². The summed E-state index contributed by atoms with van der Waals surface area (Å²) in [5.41, 5.74) is 2.52. The van der Waals surface area contributed by atoms with Crippen molar-refractivity contribution in [2.75, 3.05) is 37.7 Å². The van der Waals surface area contributed by atoms with E-state index in [1.54, 1.807) is 6.08 Å². The van der Waals surface area contributed by atoms with E-state index < -0.39 is 10.0 Å². The van der Waals surface area contributed by atoms with Crippen molar-refractivity contribution in [3.63, 3.8) is 0 Å². The first-order valence-electron chi connectivity index (χ1n) is 9.74. The minimum absolute atomic E-state index is 0.158.